The first-order chi connectivity index (χ1) is 8.42. The summed E-state index contributed by atoms with van der Waals surface area (Å²) in [6.07, 6.45) is 0.967. The van der Waals surface area contributed by atoms with Crippen molar-refractivity contribution in [3.05, 3.63) is 24.0 Å². The number of allylic oxidation sites excluding steroid dienone is 1. The van der Waals surface area contributed by atoms with Crippen LogP contribution in [0.5, 0.6) is 0 Å². The van der Waals surface area contributed by atoms with Crippen molar-refractivity contribution in [2.45, 2.75) is 13.3 Å². The fraction of sp³-hybridized carbons (Fsp3) is 0.400. The highest BCUT2D eigenvalue weighted by Gasteiger charge is 2.23. The van der Waals surface area contributed by atoms with E-state index < -0.39 is 25.8 Å². The molecule has 0 bridgehead atoms. The minimum absolute atomic E-state index is 0.144. The molecule has 0 heterocycles. The maximum absolute atomic E-state index is 12.1. The lowest BCUT2D eigenvalue weighted by Crippen LogP contribution is -2.28. The van der Waals surface area contributed by atoms with Gasteiger partial charge in [0.05, 0.1) is 24.9 Å². The van der Waals surface area contributed by atoms with E-state index in [-0.39, 0.29) is 17.9 Å². The lowest BCUT2D eigenvalue weighted by atomic mass is 10.1. The van der Waals surface area contributed by atoms with Crippen LogP contribution in [0.1, 0.15) is 13.3 Å². The molecule has 0 spiro atoms. The van der Waals surface area contributed by atoms with Gasteiger partial charge in [-0.2, -0.15) is 0 Å². The van der Waals surface area contributed by atoms with Gasteiger partial charge in [-0.05, 0) is 6.92 Å². The van der Waals surface area contributed by atoms with Crippen molar-refractivity contribution in [1.82, 2.24) is 5.32 Å². The first-order valence-electron chi connectivity index (χ1n) is 5.02. The monoisotopic (exact) mass is 261 g/mol. The smallest absolute Gasteiger partial charge is 0.509 e. The molecule has 0 saturated heterocycles. The molecule has 0 rings (SSSR count). The molecule has 8 heteroatoms. The van der Waals surface area contributed by atoms with Gasteiger partial charge in [0.15, 0.2) is 0 Å². The highest BCUT2D eigenvalue weighted by molar-refractivity contribution is 6.34. The van der Waals surface area contributed by atoms with Crippen LogP contribution in [0.4, 0.5) is 8.63 Å². The zero-order valence-electron chi connectivity index (χ0n) is 10.2. The third-order valence-corrected chi connectivity index (χ3v) is 1.92. The first-order valence-corrected chi connectivity index (χ1v) is 5.02. The van der Waals surface area contributed by atoms with Crippen molar-refractivity contribution in [1.29, 1.82) is 0 Å². The van der Waals surface area contributed by atoms with Crippen molar-refractivity contribution in [2.24, 2.45) is 0 Å². The van der Waals surface area contributed by atoms with Gasteiger partial charge in [-0.25, -0.2) is 8.63 Å². The molecule has 0 radical (unpaired) electrons. The summed E-state index contributed by atoms with van der Waals surface area (Å²) in [6.45, 7) is 4.71. The molecule has 0 unspecified atom stereocenters. The van der Waals surface area contributed by atoms with E-state index in [0.717, 1.165) is 7.11 Å². The van der Waals surface area contributed by atoms with Gasteiger partial charge in [0.2, 0.25) is 0 Å². The van der Waals surface area contributed by atoms with E-state index in [1.54, 1.807) is 0 Å². The van der Waals surface area contributed by atoms with E-state index >= 15 is 0 Å². The molecule has 0 fully saturated rings. The average Bonchev–Trinajstić information content (AvgIpc) is 2.31. The molecule has 0 saturated carbocycles. The predicted molar refractivity (Wildman–Crippen MR) is 61.6 cm³/mol. The van der Waals surface area contributed by atoms with Crippen LogP contribution in [-0.2, 0) is 19.0 Å². The number of nitrogens with one attached hydrogen (secondary N) is 1. The Balaban J connectivity index is 4.96. The molecule has 5 nitrogen and oxygen atoms in total. The number of rotatable bonds is 7. The number of halogens is 2. The second kappa shape index (κ2) is 8.27. The molecule has 0 aromatic carbocycles. The standard InChI is InChI=1S/C10H14BF2NO4/c1-4-5-14-10(16)8(6-9(15)17-3)7(2)18-11(12)13/h4H,1,5-6H2,2-3H3,(H,14,16)/b8-7-. The highest BCUT2D eigenvalue weighted by Crippen LogP contribution is 2.13. The molecule has 0 aliphatic rings. The predicted octanol–water partition coefficient (Wildman–Crippen LogP) is 1.07. The summed E-state index contributed by atoms with van der Waals surface area (Å²) in [5, 5.41) is 2.37. The fourth-order valence-electron chi connectivity index (χ4n) is 1.06. The van der Waals surface area contributed by atoms with Crippen LogP contribution in [0, 0.1) is 0 Å². The van der Waals surface area contributed by atoms with E-state index in [4.69, 9.17) is 0 Å². The lowest BCUT2D eigenvalue weighted by Gasteiger charge is -2.11. The Morgan fingerprint density at radius 2 is 2.06 bits per heavy atom. The van der Waals surface area contributed by atoms with Crippen molar-refractivity contribution in [3.63, 3.8) is 0 Å². The van der Waals surface area contributed by atoms with Gasteiger partial charge in [-0.15, -0.1) is 6.58 Å². The van der Waals surface area contributed by atoms with E-state index in [9.17, 15) is 18.2 Å². The Kier molecular flexibility index (Phi) is 7.42. The number of hydrogen-bond acceptors (Lipinski definition) is 4. The normalized spacial score (nSPS) is 11.1. The van der Waals surface area contributed by atoms with Gasteiger partial charge in [0.1, 0.15) is 0 Å². The Hall–Kier alpha value is -1.86. The Morgan fingerprint density at radius 1 is 1.44 bits per heavy atom. The van der Waals surface area contributed by atoms with Crippen molar-refractivity contribution in [3.8, 4) is 0 Å². The molecule has 0 aromatic rings. The zero-order chi connectivity index (χ0) is 14.1. The SMILES string of the molecule is C=CCNC(=O)/C(CC(=O)OC)=C(/C)OB(F)F. The minimum Gasteiger partial charge on any atom is -0.509 e. The van der Waals surface area contributed by atoms with Crippen LogP contribution in [0.15, 0.2) is 24.0 Å². The first kappa shape index (κ1) is 16.1. The van der Waals surface area contributed by atoms with E-state index in [2.05, 4.69) is 21.3 Å². The van der Waals surface area contributed by atoms with E-state index in [1.807, 2.05) is 0 Å². The molecule has 0 atom stereocenters. The number of esters is 1. The molecular formula is C10H14BF2NO4. The van der Waals surface area contributed by atoms with Crippen molar-refractivity contribution in [2.75, 3.05) is 13.7 Å². The topological polar surface area (TPSA) is 64.6 Å². The van der Waals surface area contributed by atoms with Gasteiger partial charge in [0.25, 0.3) is 5.91 Å². The van der Waals surface area contributed by atoms with Gasteiger partial charge >= 0.3 is 13.4 Å². The fourth-order valence-corrected chi connectivity index (χ4v) is 1.06. The molecule has 18 heavy (non-hydrogen) atoms. The number of carbonyl (C=O) groups is 2. The Morgan fingerprint density at radius 3 is 2.50 bits per heavy atom. The summed E-state index contributed by atoms with van der Waals surface area (Å²) in [5.41, 5.74) is -0.205. The molecule has 100 valence electrons. The summed E-state index contributed by atoms with van der Waals surface area (Å²) in [6, 6.07) is 0. The number of amides is 1. The molecular weight excluding hydrogens is 247 g/mol. The third kappa shape index (κ3) is 6.02. The van der Waals surface area contributed by atoms with Gasteiger partial charge in [0, 0.05) is 6.54 Å². The molecule has 0 aliphatic heterocycles. The quantitative estimate of drug-likeness (QED) is 0.245. The molecule has 0 aliphatic carbocycles. The second-order valence-electron chi connectivity index (χ2n) is 3.16. The summed E-state index contributed by atoms with van der Waals surface area (Å²) in [5.74, 6) is -1.73. The maximum Gasteiger partial charge on any atom is 0.796 e. The van der Waals surface area contributed by atoms with Crippen LogP contribution in [0.3, 0.4) is 0 Å². The highest BCUT2D eigenvalue weighted by atomic mass is 19.2. The Labute approximate surface area is 104 Å². The second-order valence-corrected chi connectivity index (χ2v) is 3.16. The summed E-state index contributed by atoms with van der Waals surface area (Å²) in [7, 11) is -1.94. The van der Waals surface area contributed by atoms with Gasteiger partial charge in [-0.1, -0.05) is 6.08 Å². The average molecular weight is 261 g/mol. The van der Waals surface area contributed by atoms with Crippen molar-refractivity contribution >= 4 is 19.3 Å². The minimum atomic E-state index is -3.06. The van der Waals surface area contributed by atoms with Crippen LogP contribution in [0.2, 0.25) is 0 Å². The van der Waals surface area contributed by atoms with Crippen LogP contribution < -0.4 is 5.32 Å². The number of carbonyl (C=O) groups excluding carboxylic acids is 2. The Bertz CT molecular complexity index is 358. The van der Waals surface area contributed by atoms with E-state index in [1.165, 1.54) is 13.0 Å². The van der Waals surface area contributed by atoms with Crippen LogP contribution in [0.25, 0.3) is 0 Å². The van der Waals surface area contributed by atoms with Gasteiger partial charge in [-0.3, -0.25) is 9.59 Å². The summed E-state index contributed by atoms with van der Waals surface area (Å²) < 4.78 is 32.6. The van der Waals surface area contributed by atoms with E-state index in [0.29, 0.717) is 0 Å². The van der Waals surface area contributed by atoms with Crippen LogP contribution in [-0.4, -0.2) is 33.0 Å². The number of ether oxygens (including phenoxy) is 1. The number of methoxy groups -OCH3 is 1. The summed E-state index contributed by atoms with van der Waals surface area (Å²) >= 11 is 0. The largest absolute Gasteiger partial charge is 0.796 e. The lowest BCUT2D eigenvalue weighted by molar-refractivity contribution is -0.140. The third-order valence-electron chi connectivity index (χ3n) is 1.92. The molecule has 1 amide bonds. The summed E-state index contributed by atoms with van der Waals surface area (Å²) in [4.78, 5) is 22.7. The van der Waals surface area contributed by atoms with Crippen LogP contribution >= 0.6 is 0 Å². The maximum atomic E-state index is 12.1. The number of hydrogen-bond donors (Lipinski definition) is 1. The molecule has 0 aromatic heterocycles. The van der Waals surface area contributed by atoms with Gasteiger partial charge < -0.3 is 14.7 Å². The zero-order valence-corrected chi connectivity index (χ0v) is 10.2. The molecule has 1 N–H and O–H groups in total. The van der Waals surface area contributed by atoms with Crippen molar-refractivity contribution < 1.29 is 27.6 Å².